The molecule has 1 aromatic carbocycles. The molecular weight excluding hydrogens is 226 g/mol. The summed E-state index contributed by atoms with van der Waals surface area (Å²) in [4.78, 5) is 0. The molecule has 0 spiro atoms. The highest BCUT2D eigenvalue weighted by molar-refractivity contribution is 6.25. The maximum absolute atomic E-state index is 5.58. The van der Waals surface area contributed by atoms with Gasteiger partial charge in [-0.2, -0.15) is 0 Å². The SMILES string of the molecule is C/C(=C/Cl)CNCc1cccc2c1OCO2. The zero-order valence-electron chi connectivity index (χ0n) is 9.13. The van der Waals surface area contributed by atoms with E-state index in [2.05, 4.69) is 5.32 Å². The van der Waals surface area contributed by atoms with Gasteiger partial charge < -0.3 is 14.8 Å². The largest absolute Gasteiger partial charge is 0.454 e. The summed E-state index contributed by atoms with van der Waals surface area (Å²) < 4.78 is 10.7. The molecule has 0 amide bonds. The Hall–Kier alpha value is -1.19. The van der Waals surface area contributed by atoms with E-state index in [0.717, 1.165) is 35.7 Å². The molecule has 0 unspecified atom stereocenters. The van der Waals surface area contributed by atoms with Crippen LogP contribution in [-0.2, 0) is 6.54 Å². The van der Waals surface area contributed by atoms with Crippen LogP contribution in [0.1, 0.15) is 12.5 Å². The number of fused-ring (bicyclic) bond motifs is 1. The molecule has 1 aromatic rings. The Balaban J connectivity index is 1.97. The van der Waals surface area contributed by atoms with Crippen LogP contribution in [0.5, 0.6) is 11.5 Å². The maximum Gasteiger partial charge on any atom is 0.231 e. The van der Waals surface area contributed by atoms with E-state index in [0.29, 0.717) is 6.79 Å². The normalized spacial score (nSPS) is 14.2. The van der Waals surface area contributed by atoms with E-state index < -0.39 is 0 Å². The minimum Gasteiger partial charge on any atom is -0.454 e. The first-order valence-corrected chi connectivity index (χ1v) is 5.59. The van der Waals surface area contributed by atoms with Gasteiger partial charge in [0.2, 0.25) is 6.79 Å². The molecule has 0 atom stereocenters. The number of hydrogen-bond acceptors (Lipinski definition) is 3. The van der Waals surface area contributed by atoms with Gasteiger partial charge >= 0.3 is 0 Å². The van der Waals surface area contributed by atoms with Crippen LogP contribution in [0.25, 0.3) is 0 Å². The second-order valence-electron chi connectivity index (χ2n) is 3.71. The minimum atomic E-state index is 0.312. The van der Waals surface area contributed by atoms with E-state index in [1.165, 1.54) is 0 Å². The average Bonchev–Trinajstić information content (AvgIpc) is 2.77. The number of nitrogens with one attached hydrogen (secondary N) is 1. The second kappa shape index (κ2) is 5.23. The van der Waals surface area contributed by atoms with E-state index in [-0.39, 0.29) is 0 Å². The van der Waals surface area contributed by atoms with Crippen LogP contribution in [0.2, 0.25) is 0 Å². The summed E-state index contributed by atoms with van der Waals surface area (Å²) in [6.07, 6.45) is 0. The maximum atomic E-state index is 5.58. The molecule has 1 heterocycles. The number of halogens is 1. The van der Waals surface area contributed by atoms with E-state index in [4.69, 9.17) is 21.1 Å². The van der Waals surface area contributed by atoms with Crippen LogP contribution >= 0.6 is 11.6 Å². The van der Waals surface area contributed by atoms with Gasteiger partial charge in [-0.25, -0.2) is 0 Å². The molecule has 3 nitrogen and oxygen atoms in total. The van der Waals surface area contributed by atoms with E-state index in [9.17, 15) is 0 Å². The van der Waals surface area contributed by atoms with Crippen LogP contribution in [-0.4, -0.2) is 13.3 Å². The van der Waals surface area contributed by atoms with Crippen LogP contribution in [0.15, 0.2) is 29.3 Å². The number of ether oxygens (including phenoxy) is 2. The fraction of sp³-hybridized carbons (Fsp3) is 0.333. The second-order valence-corrected chi connectivity index (χ2v) is 3.93. The van der Waals surface area contributed by atoms with Crippen LogP contribution < -0.4 is 14.8 Å². The zero-order chi connectivity index (χ0) is 11.4. The van der Waals surface area contributed by atoms with E-state index in [1.807, 2.05) is 25.1 Å². The molecule has 1 aliphatic heterocycles. The minimum absolute atomic E-state index is 0.312. The lowest BCUT2D eigenvalue weighted by Gasteiger charge is -2.07. The Morgan fingerprint density at radius 1 is 1.50 bits per heavy atom. The number of benzene rings is 1. The van der Waals surface area contributed by atoms with Gasteiger partial charge in [-0.3, -0.25) is 0 Å². The van der Waals surface area contributed by atoms with Crippen molar-refractivity contribution in [2.75, 3.05) is 13.3 Å². The molecule has 0 aromatic heterocycles. The van der Waals surface area contributed by atoms with Gasteiger partial charge in [0.15, 0.2) is 11.5 Å². The van der Waals surface area contributed by atoms with Gasteiger partial charge in [0.25, 0.3) is 0 Å². The zero-order valence-corrected chi connectivity index (χ0v) is 9.88. The summed E-state index contributed by atoms with van der Waals surface area (Å²) in [6.45, 7) is 3.81. The highest BCUT2D eigenvalue weighted by Crippen LogP contribution is 2.35. The average molecular weight is 240 g/mol. The lowest BCUT2D eigenvalue weighted by Crippen LogP contribution is -2.15. The fourth-order valence-electron chi connectivity index (χ4n) is 1.56. The highest BCUT2D eigenvalue weighted by atomic mass is 35.5. The Bertz CT molecular complexity index is 404. The van der Waals surface area contributed by atoms with E-state index in [1.54, 1.807) is 5.54 Å². The summed E-state index contributed by atoms with van der Waals surface area (Å²) in [5.74, 6) is 1.67. The molecule has 0 saturated carbocycles. The molecule has 0 bridgehead atoms. The lowest BCUT2D eigenvalue weighted by molar-refractivity contribution is 0.173. The molecule has 1 aliphatic rings. The molecular formula is C12H14ClNO2. The van der Waals surface area contributed by atoms with Crippen molar-refractivity contribution in [1.82, 2.24) is 5.32 Å². The lowest BCUT2D eigenvalue weighted by atomic mass is 10.2. The Morgan fingerprint density at radius 2 is 2.38 bits per heavy atom. The predicted molar refractivity (Wildman–Crippen MR) is 63.9 cm³/mol. The molecule has 0 fully saturated rings. The molecule has 0 saturated heterocycles. The number of para-hydroxylation sites is 1. The third-order valence-electron chi connectivity index (χ3n) is 2.38. The monoisotopic (exact) mass is 239 g/mol. The van der Waals surface area contributed by atoms with Crippen molar-refractivity contribution in [1.29, 1.82) is 0 Å². The number of hydrogen-bond donors (Lipinski definition) is 1. The van der Waals surface area contributed by atoms with Crippen molar-refractivity contribution in [3.05, 3.63) is 34.9 Å². The summed E-state index contributed by atoms with van der Waals surface area (Å²) in [7, 11) is 0. The van der Waals surface area contributed by atoms with Crippen molar-refractivity contribution in [3.63, 3.8) is 0 Å². The molecule has 0 radical (unpaired) electrons. The first-order valence-electron chi connectivity index (χ1n) is 5.15. The smallest absolute Gasteiger partial charge is 0.231 e. The fourth-order valence-corrected chi connectivity index (χ4v) is 1.64. The third kappa shape index (κ3) is 2.49. The van der Waals surface area contributed by atoms with Gasteiger partial charge in [0.05, 0.1) is 0 Å². The molecule has 16 heavy (non-hydrogen) atoms. The van der Waals surface area contributed by atoms with Crippen molar-refractivity contribution < 1.29 is 9.47 Å². The summed E-state index contributed by atoms with van der Waals surface area (Å²) in [5.41, 5.74) is 3.80. The van der Waals surface area contributed by atoms with Crippen molar-refractivity contribution >= 4 is 11.6 Å². The quantitative estimate of drug-likeness (QED) is 0.876. The molecule has 86 valence electrons. The predicted octanol–water partition coefficient (Wildman–Crippen LogP) is 2.65. The standard InChI is InChI=1S/C12H14ClNO2/c1-9(5-13)6-14-7-10-3-2-4-11-12(10)16-8-15-11/h2-5,14H,6-8H2,1H3/b9-5-. The Labute approximate surface area is 100 Å². The Kier molecular flexibility index (Phi) is 3.70. The molecule has 4 heteroatoms. The van der Waals surface area contributed by atoms with Gasteiger partial charge in [0, 0.05) is 24.2 Å². The first-order chi connectivity index (χ1) is 7.81. The summed E-state index contributed by atoms with van der Waals surface area (Å²) in [6, 6.07) is 5.91. The van der Waals surface area contributed by atoms with Gasteiger partial charge in [-0.1, -0.05) is 23.7 Å². The topological polar surface area (TPSA) is 30.5 Å². The summed E-state index contributed by atoms with van der Waals surface area (Å²) in [5, 5.41) is 3.29. The van der Waals surface area contributed by atoms with Crippen molar-refractivity contribution in [2.24, 2.45) is 0 Å². The van der Waals surface area contributed by atoms with Crippen LogP contribution in [0.3, 0.4) is 0 Å². The molecule has 1 N–H and O–H groups in total. The van der Waals surface area contributed by atoms with Crippen LogP contribution in [0, 0.1) is 0 Å². The van der Waals surface area contributed by atoms with Crippen LogP contribution in [0.4, 0.5) is 0 Å². The summed E-state index contributed by atoms with van der Waals surface area (Å²) >= 11 is 5.58. The van der Waals surface area contributed by atoms with E-state index >= 15 is 0 Å². The van der Waals surface area contributed by atoms with Crippen molar-refractivity contribution in [3.8, 4) is 11.5 Å². The highest BCUT2D eigenvalue weighted by Gasteiger charge is 2.16. The first kappa shape index (κ1) is 11.3. The van der Waals surface area contributed by atoms with Gasteiger partial charge in [-0.15, -0.1) is 0 Å². The third-order valence-corrected chi connectivity index (χ3v) is 2.76. The Morgan fingerprint density at radius 3 is 3.19 bits per heavy atom. The van der Waals surface area contributed by atoms with Crippen molar-refractivity contribution in [2.45, 2.75) is 13.5 Å². The number of rotatable bonds is 4. The molecule has 2 rings (SSSR count). The molecule has 0 aliphatic carbocycles. The van der Waals surface area contributed by atoms with Gasteiger partial charge in [0.1, 0.15) is 0 Å². The van der Waals surface area contributed by atoms with Gasteiger partial charge in [-0.05, 0) is 18.6 Å².